The molecular formula is C15H24N2O2S. The zero-order valence-corrected chi connectivity index (χ0v) is 13.3. The largest absolute Gasteiger partial charge is 0.313 e. The van der Waals surface area contributed by atoms with Crippen LogP contribution in [0.15, 0.2) is 41.3 Å². The molecular weight excluding hydrogens is 272 g/mol. The Labute approximate surface area is 122 Å². The van der Waals surface area contributed by atoms with Gasteiger partial charge in [-0.2, -0.15) is 4.31 Å². The molecule has 112 valence electrons. The first kappa shape index (κ1) is 16.9. The monoisotopic (exact) mass is 296 g/mol. The maximum atomic E-state index is 12.6. The van der Waals surface area contributed by atoms with Crippen LogP contribution < -0.4 is 5.32 Å². The maximum Gasteiger partial charge on any atom is 0.243 e. The van der Waals surface area contributed by atoms with E-state index in [1.807, 2.05) is 26.8 Å². The fraction of sp³-hybridized carbons (Fsp3) is 0.467. The fourth-order valence-corrected chi connectivity index (χ4v) is 3.48. The zero-order chi connectivity index (χ0) is 15.2. The van der Waals surface area contributed by atoms with Crippen molar-refractivity contribution in [1.82, 2.24) is 9.62 Å². The first-order chi connectivity index (χ1) is 9.41. The lowest BCUT2D eigenvalue weighted by Crippen LogP contribution is -2.32. The summed E-state index contributed by atoms with van der Waals surface area (Å²) in [7, 11) is -3.45. The van der Waals surface area contributed by atoms with E-state index >= 15 is 0 Å². The third-order valence-electron chi connectivity index (χ3n) is 2.91. The Kier molecular flexibility index (Phi) is 6.39. The summed E-state index contributed by atoms with van der Waals surface area (Å²) in [6, 6.07) is 7.09. The smallest absolute Gasteiger partial charge is 0.243 e. The second kappa shape index (κ2) is 7.57. The van der Waals surface area contributed by atoms with Crippen molar-refractivity contribution in [3.63, 3.8) is 0 Å². The van der Waals surface area contributed by atoms with E-state index in [0.717, 1.165) is 17.7 Å². The molecule has 0 aromatic heterocycles. The molecule has 5 heteroatoms. The minimum Gasteiger partial charge on any atom is -0.313 e. The van der Waals surface area contributed by atoms with Gasteiger partial charge in [0.15, 0.2) is 0 Å². The van der Waals surface area contributed by atoms with Gasteiger partial charge in [0.05, 0.1) is 4.90 Å². The van der Waals surface area contributed by atoms with Gasteiger partial charge in [-0.05, 0) is 31.2 Å². The van der Waals surface area contributed by atoms with E-state index in [2.05, 4.69) is 11.9 Å². The average molecular weight is 296 g/mol. The molecule has 0 heterocycles. The summed E-state index contributed by atoms with van der Waals surface area (Å²) >= 11 is 0. The van der Waals surface area contributed by atoms with Crippen LogP contribution in [0.3, 0.4) is 0 Å². The van der Waals surface area contributed by atoms with Crippen LogP contribution in [0.1, 0.15) is 26.3 Å². The van der Waals surface area contributed by atoms with Gasteiger partial charge >= 0.3 is 0 Å². The van der Waals surface area contributed by atoms with Crippen LogP contribution in [-0.4, -0.2) is 32.4 Å². The Morgan fingerprint density at radius 1 is 1.35 bits per heavy atom. The van der Waals surface area contributed by atoms with Crippen LogP contribution in [0.5, 0.6) is 0 Å². The molecule has 0 aliphatic rings. The van der Waals surface area contributed by atoms with E-state index in [1.165, 1.54) is 4.31 Å². The van der Waals surface area contributed by atoms with Gasteiger partial charge in [-0.25, -0.2) is 8.42 Å². The van der Waals surface area contributed by atoms with Crippen LogP contribution in [0.4, 0.5) is 0 Å². The lowest BCUT2D eigenvalue weighted by atomic mass is 10.2. The molecule has 0 aliphatic heterocycles. The number of hydrogen-bond acceptors (Lipinski definition) is 3. The number of likely N-dealkylation sites (N-methyl/N-ethyl adjacent to an activating group) is 1. The van der Waals surface area contributed by atoms with E-state index in [9.17, 15) is 8.42 Å². The van der Waals surface area contributed by atoms with Crippen molar-refractivity contribution in [1.29, 1.82) is 0 Å². The van der Waals surface area contributed by atoms with E-state index in [-0.39, 0.29) is 0 Å². The first-order valence-corrected chi connectivity index (χ1v) is 8.30. The molecule has 1 rings (SSSR count). The highest BCUT2D eigenvalue weighted by molar-refractivity contribution is 7.89. The molecule has 0 aliphatic carbocycles. The van der Waals surface area contributed by atoms with Crippen molar-refractivity contribution >= 4 is 10.0 Å². The summed E-state index contributed by atoms with van der Waals surface area (Å²) in [6.07, 6.45) is 0. The third-order valence-corrected chi connectivity index (χ3v) is 4.83. The SMILES string of the molecule is C=C(C)CN(CC)S(=O)(=O)c1cccc(CNCC)c1. The van der Waals surface area contributed by atoms with E-state index < -0.39 is 10.0 Å². The van der Waals surface area contributed by atoms with Crippen LogP contribution in [0, 0.1) is 0 Å². The zero-order valence-electron chi connectivity index (χ0n) is 12.5. The Morgan fingerprint density at radius 3 is 2.60 bits per heavy atom. The second-order valence-corrected chi connectivity index (χ2v) is 6.75. The van der Waals surface area contributed by atoms with Crippen LogP contribution in [-0.2, 0) is 16.6 Å². The van der Waals surface area contributed by atoms with Crippen molar-refractivity contribution < 1.29 is 8.42 Å². The normalized spacial score (nSPS) is 11.8. The van der Waals surface area contributed by atoms with Gasteiger partial charge in [-0.3, -0.25) is 0 Å². The lowest BCUT2D eigenvalue weighted by Gasteiger charge is -2.21. The van der Waals surface area contributed by atoms with Gasteiger partial charge in [-0.15, -0.1) is 0 Å². The summed E-state index contributed by atoms with van der Waals surface area (Å²) in [5, 5.41) is 3.20. The Morgan fingerprint density at radius 2 is 2.05 bits per heavy atom. The van der Waals surface area contributed by atoms with Gasteiger partial charge in [-0.1, -0.05) is 38.1 Å². The Balaban J connectivity index is 3.04. The number of rotatable bonds is 8. The highest BCUT2D eigenvalue weighted by Gasteiger charge is 2.22. The standard InChI is InChI=1S/C15H24N2O2S/c1-5-16-11-14-8-7-9-15(10-14)20(18,19)17(6-2)12-13(3)4/h7-10,16H,3,5-6,11-12H2,1-2,4H3. The van der Waals surface area contributed by atoms with Gasteiger partial charge < -0.3 is 5.32 Å². The highest BCUT2D eigenvalue weighted by Crippen LogP contribution is 2.18. The van der Waals surface area contributed by atoms with Crippen molar-refractivity contribution in [2.24, 2.45) is 0 Å². The number of benzene rings is 1. The molecule has 1 aromatic carbocycles. The molecule has 1 aromatic rings. The van der Waals surface area contributed by atoms with Gasteiger partial charge in [0, 0.05) is 19.6 Å². The first-order valence-electron chi connectivity index (χ1n) is 6.86. The number of nitrogens with one attached hydrogen (secondary N) is 1. The summed E-state index contributed by atoms with van der Waals surface area (Å²) < 4.78 is 26.6. The van der Waals surface area contributed by atoms with Crippen molar-refractivity contribution in [3.05, 3.63) is 42.0 Å². The molecule has 0 radical (unpaired) electrons. The minimum absolute atomic E-state index is 0.344. The van der Waals surface area contributed by atoms with E-state index in [0.29, 0.717) is 24.5 Å². The minimum atomic E-state index is -3.45. The summed E-state index contributed by atoms with van der Waals surface area (Å²) in [5.41, 5.74) is 1.80. The topological polar surface area (TPSA) is 49.4 Å². The molecule has 0 unspecified atom stereocenters. The summed E-state index contributed by atoms with van der Waals surface area (Å²) in [4.78, 5) is 0.344. The molecule has 4 nitrogen and oxygen atoms in total. The molecule has 0 saturated carbocycles. The van der Waals surface area contributed by atoms with Crippen molar-refractivity contribution in [2.75, 3.05) is 19.6 Å². The molecule has 0 atom stereocenters. The molecule has 0 spiro atoms. The third kappa shape index (κ3) is 4.44. The Bertz CT molecular complexity index is 553. The summed E-state index contributed by atoms with van der Waals surface area (Å²) in [6.45, 7) is 11.8. The molecule has 0 bridgehead atoms. The number of nitrogens with zero attached hydrogens (tertiary/aromatic N) is 1. The molecule has 1 N–H and O–H groups in total. The lowest BCUT2D eigenvalue weighted by molar-refractivity contribution is 0.452. The Hall–Kier alpha value is -1.17. The van der Waals surface area contributed by atoms with Crippen molar-refractivity contribution in [2.45, 2.75) is 32.2 Å². The molecule has 0 saturated heterocycles. The van der Waals surface area contributed by atoms with Gasteiger partial charge in [0.1, 0.15) is 0 Å². The number of hydrogen-bond donors (Lipinski definition) is 1. The predicted octanol–water partition coefficient (Wildman–Crippen LogP) is 2.38. The predicted molar refractivity (Wildman–Crippen MR) is 83.1 cm³/mol. The quantitative estimate of drug-likeness (QED) is 0.749. The molecule has 0 fully saturated rings. The van der Waals surface area contributed by atoms with E-state index in [1.54, 1.807) is 18.2 Å². The number of sulfonamides is 1. The maximum absolute atomic E-state index is 12.6. The van der Waals surface area contributed by atoms with Crippen LogP contribution in [0.2, 0.25) is 0 Å². The van der Waals surface area contributed by atoms with Crippen LogP contribution >= 0.6 is 0 Å². The van der Waals surface area contributed by atoms with E-state index in [4.69, 9.17) is 0 Å². The van der Waals surface area contributed by atoms with Gasteiger partial charge in [0.2, 0.25) is 10.0 Å². The molecule has 0 amide bonds. The summed E-state index contributed by atoms with van der Waals surface area (Å²) in [5.74, 6) is 0. The highest BCUT2D eigenvalue weighted by atomic mass is 32.2. The van der Waals surface area contributed by atoms with Crippen molar-refractivity contribution in [3.8, 4) is 0 Å². The second-order valence-electron chi connectivity index (χ2n) is 4.82. The molecule has 20 heavy (non-hydrogen) atoms. The fourth-order valence-electron chi connectivity index (χ4n) is 1.90. The van der Waals surface area contributed by atoms with Crippen LogP contribution in [0.25, 0.3) is 0 Å². The van der Waals surface area contributed by atoms with Gasteiger partial charge in [0.25, 0.3) is 0 Å². The average Bonchev–Trinajstić information content (AvgIpc) is 2.42.